The summed E-state index contributed by atoms with van der Waals surface area (Å²) in [5.41, 5.74) is 28.3. The van der Waals surface area contributed by atoms with E-state index < -0.39 is 13.8 Å². The zero-order chi connectivity index (χ0) is 72.2. The molecule has 0 fully saturated rings. The van der Waals surface area contributed by atoms with E-state index in [2.05, 4.69) is 155 Å². The van der Waals surface area contributed by atoms with Gasteiger partial charge in [0, 0.05) is 156 Å². The number of hydrogen-bond acceptors (Lipinski definition) is 19. The van der Waals surface area contributed by atoms with Gasteiger partial charge in [0.25, 0.3) is 6.47 Å². The molecule has 0 atom stereocenters. The molecule has 0 spiro atoms. The number of rotatable bonds is 14. The normalized spacial score (nSPS) is 11.0. The van der Waals surface area contributed by atoms with Gasteiger partial charge >= 0.3 is 58.5 Å². The van der Waals surface area contributed by atoms with Crippen LogP contribution in [0.4, 0.5) is 49.0 Å². The van der Waals surface area contributed by atoms with Gasteiger partial charge in [0.1, 0.15) is 35.7 Å². The van der Waals surface area contributed by atoms with Crippen molar-refractivity contribution < 1.29 is 81.2 Å². The van der Waals surface area contributed by atoms with Crippen LogP contribution in [0.5, 0.6) is 5.75 Å². The predicted molar refractivity (Wildman–Crippen MR) is 431 cm³/mol. The van der Waals surface area contributed by atoms with Gasteiger partial charge in [0.2, 0.25) is 0 Å². The Bertz CT molecular complexity index is 4590. The fraction of sp³-hybridized carbons (Fsp3) is 0.160. The SMILES string of the molecule is CN(C)c1ccc(-c2ccc(-c3nc4ccncc4n3CCF)cc2)cn1.CN(C)c1ccc(-c2ccc(C3=Nc4ccncc4C3)cc2)cn1.CN(C)c1ccc(B(O)O)cn1.FCCI.Ic1ccc(C2=Nc3ccncc3C2)cc1.Nc1ccncc1N.O=COc1ccc(I)cc1.[H-].[K+]. The number of halogens is 5. The van der Waals surface area contributed by atoms with E-state index in [4.69, 9.17) is 26.5 Å². The van der Waals surface area contributed by atoms with Crippen molar-refractivity contribution in [2.75, 3.05) is 86.2 Å². The van der Waals surface area contributed by atoms with Gasteiger partial charge in [-0.1, -0.05) is 89.3 Å². The average molecular weight is 1730 g/mol. The van der Waals surface area contributed by atoms with Crippen molar-refractivity contribution >= 4 is 149 Å². The van der Waals surface area contributed by atoms with E-state index in [9.17, 15) is 13.6 Å². The summed E-state index contributed by atoms with van der Waals surface area (Å²) in [7, 11) is 10.2. The summed E-state index contributed by atoms with van der Waals surface area (Å²) in [6, 6.07) is 51.3. The van der Waals surface area contributed by atoms with Crippen LogP contribution in [0.2, 0.25) is 0 Å². The number of hydrogen-bond donors (Lipinski definition) is 4. The maximum absolute atomic E-state index is 13.1. The molecule has 8 aromatic heterocycles. The molecule has 0 saturated heterocycles. The van der Waals surface area contributed by atoms with Crippen molar-refractivity contribution in [3.63, 3.8) is 0 Å². The summed E-state index contributed by atoms with van der Waals surface area (Å²) >= 11 is 6.47. The number of pyridine rings is 7. The van der Waals surface area contributed by atoms with E-state index in [-0.39, 0.29) is 66.0 Å². The van der Waals surface area contributed by atoms with Crippen LogP contribution in [0, 0.1) is 7.14 Å². The first-order valence-corrected chi connectivity index (χ1v) is 35.1. The number of benzene rings is 4. The summed E-state index contributed by atoms with van der Waals surface area (Å²) < 4.78 is 33.2. The number of aliphatic imine (C=N–C) groups is 2. The minimum absolute atomic E-state index is 0. The second kappa shape index (κ2) is 41.8. The summed E-state index contributed by atoms with van der Waals surface area (Å²) in [5, 5.41) is 17.5. The monoisotopic (exact) mass is 1730 g/mol. The molecule has 0 bridgehead atoms. The first-order chi connectivity index (χ1) is 48.9. The molecule has 12 aromatic rings. The molecule has 20 nitrogen and oxygen atoms in total. The standard InChI is InChI=1S/C21H20FN5.C20H18N4.C13H9IN2.C7H11BN2O2.C7H5IO2.C5H7N3.C2H4FI.K.H/c1-26(2)20-8-7-17(13-24-20)15-3-5-16(6-4-15)21-25-18-9-11-23-14-19(18)27(21)12-10-22;1-24(2)20-8-7-16(13-22-20)14-3-5-15(6-4-14)19-11-17-12-21-10-9-18(17)23-19;14-11-3-1-9(2-4-11)13-7-10-8-15-6-5-12(10)16-13;1-10(2)7-4-3-6(5-9-7)8(11)12;8-6-1-3-7(4-2-6)10-5-9;6-4-1-2-8-3-5(4)7;3-1-2-4;;/h3-9,11,13-14H,10,12H2,1-2H3;3-10,12-13H,11H2,1-2H3;1-6,8H,7H2;3-5,11-12H,1-2H3;1-5H;1-3H,7H2,(H2,6,8);1-2H2;;/q;;;;;;;+1;-1. The van der Waals surface area contributed by atoms with Gasteiger partial charge in [0.15, 0.2) is 0 Å². The van der Waals surface area contributed by atoms with E-state index in [1.54, 1.807) is 61.3 Å². The van der Waals surface area contributed by atoms with Crippen LogP contribution in [0.3, 0.4) is 0 Å². The predicted octanol–water partition coefficient (Wildman–Crippen LogP) is 10.9. The molecule has 27 heteroatoms. The Labute approximate surface area is 677 Å². The number of aromatic nitrogens is 9. The number of aryl methyl sites for hydroxylation is 1. The second-order valence-corrected chi connectivity index (χ2v) is 26.2. The molecule has 518 valence electrons. The third-order valence-electron chi connectivity index (χ3n) is 14.9. The molecule has 0 aliphatic carbocycles. The number of nitrogen functional groups attached to an aromatic ring is 2. The van der Waals surface area contributed by atoms with Crippen LogP contribution < -0.4 is 87.8 Å². The molecule has 6 N–H and O–H groups in total. The number of imidazole rings is 1. The first-order valence-electron chi connectivity index (χ1n) is 31.4. The maximum Gasteiger partial charge on any atom is 1.00 e. The Balaban J connectivity index is 0.000000200. The van der Waals surface area contributed by atoms with Crippen LogP contribution in [-0.4, -0.2) is 140 Å². The Kier molecular flexibility index (Phi) is 33.3. The number of carbonyl (C=O) groups is 1. The smallest absolute Gasteiger partial charge is 1.00 e. The van der Waals surface area contributed by atoms with Gasteiger partial charge in [0.05, 0.1) is 70.8 Å². The van der Waals surface area contributed by atoms with E-state index in [0.717, 1.165) is 107 Å². The molecule has 0 amide bonds. The number of ether oxygens (including phenoxy) is 1. The van der Waals surface area contributed by atoms with E-state index in [0.29, 0.717) is 33.5 Å². The number of anilines is 5. The topological polar surface area (TPSA) is 261 Å². The Morgan fingerprint density at radius 1 is 0.520 bits per heavy atom. The first kappa shape index (κ1) is 81.2. The van der Waals surface area contributed by atoms with Crippen LogP contribution >= 0.6 is 67.8 Å². The molecule has 4 aromatic carbocycles. The molecule has 102 heavy (non-hydrogen) atoms. The quantitative estimate of drug-likeness (QED) is 0.0341. The number of nitrogens with two attached hydrogens (primary N) is 2. The number of carbonyl (C=O) groups excluding carboxylic acids is 1. The maximum atomic E-state index is 13.1. The van der Waals surface area contributed by atoms with Crippen molar-refractivity contribution in [2.24, 2.45) is 9.98 Å². The largest absolute Gasteiger partial charge is 1.00 e. The Hall–Kier alpha value is -8.12. The summed E-state index contributed by atoms with van der Waals surface area (Å²) in [6.07, 6.45) is 20.9. The summed E-state index contributed by atoms with van der Waals surface area (Å²) in [4.78, 5) is 58.8. The molecule has 2 aliphatic rings. The van der Waals surface area contributed by atoms with Gasteiger partial charge in [-0.15, -0.1) is 0 Å². The Morgan fingerprint density at radius 2 is 0.941 bits per heavy atom. The summed E-state index contributed by atoms with van der Waals surface area (Å²) in [6.45, 7) is 0.0350. The van der Waals surface area contributed by atoms with Crippen molar-refractivity contribution in [2.45, 2.75) is 19.4 Å². The van der Waals surface area contributed by atoms with Gasteiger partial charge < -0.3 is 46.9 Å². The molecule has 0 saturated carbocycles. The fourth-order valence-corrected chi connectivity index (χ4v) is 10.4. The number of alkyl halides is 3. The van der Waals surface area contributed by atoms with Gasteiger partial charge in [-0.25, -0.2) is 24.3 Å². The average Bonchev–Trinajstić information content (AvgIpc) is 1.66. The zero-order valence-corrected chi connectivity index (χ0v) is 66.9. The van der Waals surface area contributed by atoms with Crippen LogP contribution in [0.15, 0.2) is 236 Å². The van der Waals surface area contributed by atoms with Crippen LogP contribution in [-0.2, 0) is 24.2 Å². The molecule has 10 heterocycles. The minimum Gasteiger partial charge on any atom is -1.00 e. The fourth-order valence-electron chi connectivity index (χ4n) is 9.65. The number of nitrogens with zero attached hydrogens (tertiary/aromatic N) is 14. The van der Waals surface area contributed by atoms with Crippen LogP contribution in [0.25, 0.3) is 44.7 Å². The summed E-state index contributed by atoms with van der Waals surface area (Å²) in [5.74, 6) is 4.00. The van der Waals surface area contributed by atoms with Gasteiger partial charge in [-0.2, -0.15) is 0 Å². The van der Waals surface area contributed by atoms with Crippen molar-refractivity contribution in [1.82, 2.24) is 44.4 Å². The van der Waals surface area contributed by atoms with Crippen LogP contribution in [0.1, 0.15) is 23.7 Å². The molecule has 0 radical (unpaired) electrons. The molecule has 2 aliphatic heterocycles. The van der Waals surface area contributed by atoms with E-state index in [1.165, 1.54) is 32.7 Å². The molecular weight excluding hydrogens is 1660 g/mol. The molecular formula is C75H75BF2I3KN16O4. The Morgan fingerprint density at radius 3 is 1.34 bits per heavy atom. The third-order valence-corrected chi connectivity index (χ3v) is 16.8. The zero-order valence-electron chi connectivity index (χ0n) is 58.3. The van der Waals surface area contributed by atoms with Crippen molar-refractivity contribution in [3.8, 4) is 39.4 Å². The third kappa shape index (κ3) is 24.3. The number of fused-ring (bicyclic) bond motifs is 3. The van der Waals surface area contributed by atoms with Crippen molar-refractivity contribution in [3.05, 3.63) is 255 Å². The second-order valence-electron chi connectivity index (χ2n) is 22.6. The minimum atomic E-state index is -1.44. The van der Waals surface area contributed by atoms with E-state index >= 15 is 0 Å². The van der Waals surface area contributed by atoms with Crippen molar-refractivity contribution in [1.29, 1.82) is 0 Å². The molecule has 0 unspecified atom stereocenters. The van der Waals surface area contributed by atoms with Gasteiger partial charge in [-0.3, -0.25) is 39.1 Å². The molecule has 14 rings (SSSR count). The van der Waals surface area contributed by atoms with Gasteiger partial charge in [-0.05, 0) is 158 Å². The van der Waals surface area contributed by atoms with E-state index in [1.807, 2.05) is 176 Å².